The van der Waals surface area contributed by atoms with E-state index in [1.165, 1.54) is 4.90 Å². The van der Waals surface area contributed by atoms with Crippen LogP contribution >= 0.6 is 0 Å². The molecule has 7 nitrogen and oxygen atoms in total. The number of hydrogen-bond donors (Lipinski definition) is 1. The van der Waals surface area contributed by atoms with E-state index in [4.69, 9.17) is 4.74 Å². The van der Waals surface area contributed by atoms with Gasteiger partial charge < -0.3 is 14.4 Å². The summed E-state index contributed by atoms with van der Waals surface area (Å²) in [6.07, 6.45) is -4.92. The molecule has 0 bridgehead atoms. The number of carbonyl (C=O) groups is 1. The van der Waals surface area contributed by atoms with Gasteiger partial charge in [0.05, 0.1) is 13.2 Å². The van der Waals surface area contributed by atoms with Crippen molar-refractivity contribution in [2.75, 3.05) is 32.9 Å². The van der Waals surface area contributed by atoms with E-state index in [0.29, 0.717) is 18.2 Å². The van der Waals surface area contributed by atoms with Crippen LogP contribution in [0.4, 0.5) is 13.2 Å². The third kappa shape index (κ3) is 5.17. The second kappa shape index (κ2) is 7.26. The highest BCUT2D eigenvalue weighted by Gasteiger charge is 2.30. The van der Waals surface area contributed by atoms with Crippen molar-refractivity contribution in [3.63, 3.8) is 0 Å². The SMILES string of the molecule is CC(C)c1n[nH]c(C2CN(C(=O)COCC(F)(F)F)CCO2)n1. The summed E-state index contributed by atoms with van der Waals surface area (Å²) in [5.41, 5.74) is 0. The molecule has 1 unspecified atom stereocenters. The van der Waals surface area contributed by atoms with E-state index in [1.54, 1.807) is 0 Å². The zero-order valence-corrected chi connectivity index (χ0v) is 12.9. The summed E-state index contributed by atoms with van der Waals surface area (Å²) in [7, 11) is 0. The van der Waals surface area contributed by atoms with Crippen LogP contribution in [0.25, 0.3) is 0 Å². The number of ether oxygens (including phenoxy) is 2. The van der Waals surface area contributed by atoms with E-state index in [-0.39, 0.29) is 19.1 Å². The summed E-state index contributed by atoms with van der Waals surface area (Å²) in [6.45, 7) is 2.61. The van der Waals surface area contributed by atoms with Crippen LogP contribution < -0.4 is 0 Å². The summed E-state index contributed by atoms with van der Waals surface area (Å²) in [6, 6.07) is 0. The number of nitrogens with zero attached hydrogens (tertiary/aromatic N) is 3. The van der Waals surface area contributed by atoms with Gasteiger partial charge in [-0.05, 0) is 0 Å². The summed E-state index contributed by atoms with van der Waals surface area (Å²) in [5, 5.41) is 6.84. The molecule has 1 aliphatic heterocycles. The fourth-order valence-corrected chi connectivity index (χ4v) is 2.08. The van der Waals surface area contributed by atoms with Crippen LogP contribution in [0.5, 0.6) is 0 Å². The number of rotatable bonds is 5. The lowest BCUT2D eigenvalue weighted by Crippen LogP contribution is -2.44. The lowest BCUT2D eigenvalue weighted by atomic mass is 10.2. The third-order valence-corrected chi connectivity index (χ3v) is 3.25. The van der Waals surface area contributed by atoms with Crippen LogP contribution in [0.3, 0.4) is 0 Å². The third-order valence-electron chi connectivity index (χ3n) is 3.25. The van der Waals surface area contributed by atoms with Crippen molar-refractivity contribution in [1.82, 2.24) is 20.1 Å². The standard InChI is InChI=1S/C13H19F3N4O3/c1-8(2)11-17-12(19-18-11)9-5-20(3-4-23-9)10(21)6-22-7-13(14,15)16/h8-9H,3-7H2,1-2H3,(H,17,18,19). The second-order valence-corrected chi connectivity index (χ2v) is 5.54. The molecule has 2 rings (SSSR count). The highest BCUT2D eigenvalue weighted by Crippen LogP contribution is 2.21. The Morgan fingerprint density at radius 1 is 1.52 bits per heavy atom. The summed E-state index contributed by atoms with van der Waals surface area (Å²) < 4.78 is 46.0. The number of morpholine rings is 1. The van der Waals surface area contributed by atoms with Gasteiger partial charge in [0.2, 0.25) is 5.91 Å². The molecule has 130 valence electrons. The Bertz CT molecular complexity index is 533. The van der Waals surface area contributed by atoms with Crippen molar-refractivity contribution in [2.24, 2.45) is 0 Å². The zero-order chi connectivity index (χ0) is 17.0. The molecule has 1 N–H and O–H groups in total. The van der Waals surface area contributed by atoms with Gasteiger partial charge in [-0.1, -0.05) is 13.8 Å². The predicted molar refractivity (Wildman–Crippen MR) is 72.6 cm³/mol. The number of halogens is 3. The van der Waals surface area contributed by atoms with Crippen LogP contribution in [-0.4, -0.2) is 65.1 Å². The maximum absolute atomic E-state index is 12.0. The molecule has 1 aromatic rings. The van der Waals surface area contributed by atoms with Gasteiger partial charge in [0.15, 0.2) is 11.6 Å². The molecule has 1 amide bonds. The first-order valence-electron chi connectivity index (χ1n) is 7.22. The molecule has 0 radical (unpaired) electrons. The minimum Gasteiger partial charge on any atom is -0.367 e. The molecule has 0 saturated carbocycles. The smallest absolute Gasteiger partial charge is 0.367 e. The molecule has 1 atom stereocenters. The van der Waals surface area contributed by atoms with Gasteiger partial charge >= 0.3 is 6.18 Å². The van der Waals surface area contributed by atoms with Gasteiger partial charge in [-0.2, -0.15) is 18.3 Å². The molecule has 23 heavy (non-hydrogen) atoms. The Morgan fingerprint density at radius 2 is 2.26 bits per heavy atom. The highest BCUT2D eigenvalue weighted by atomic mass is 19.4. The monoisotopic (exact) mass is 336 g/mol. The fraction of sp³-hybridized carbons (Fsp3) is 0.769. The van der Waals surface area contributed by atoms with Gasteiger partial charge in [0.1, 0.15) is 19.3 Å². The van der Waals surface area contributed by atoms with Gasteiger partial charge in [0.25, 0.3) is 0 Å². The van der Waals surface area contributed by atoms with Gasteiger partial charge in [0, 0.05) is 12.5 Å². The van der Waals surface area contributed by atoms with Crippen LogP contribution in [0.1, 0.15) is 37.5 Å². The van der Waals surface area contributed by atoms with Crippen LogP contribution in [-0.2, 0) is 14.3 Å². The Hall–Kier alpha value is -1.68. The van der Waals surface area contributed by atoms with E-state index in [1.807, 2.05) is 13.8 Å². The van der Waals surface area contributed by atoms with Crippen LogP contribution in [0, 0.1) is 0 Å². The molecule has 1 fully saturated rings. The van der Waals surface area contributed by atoms with Crippen LogP contribution in [0.15, 0.2) is 0 Å². The molecule has 0 spiro atoms. The number of carbonyl (C=O) groups excluding carboxylic acids is 1. The molecule has 0 aliphatic carbocycles. The Balaban J connectivity index is 1.88. The first-order valence-corrected chi connectivity index (χ1v) is 7.22. The number of H-pyrrole nitrogens is 1. The Labute approximate surface area is 131 Å². The average molecular weight is 336 g/mol. The normalized spacial score (nSPS) is 19.4. The molecular weight excluding hydrogens is 317 g/mol. The van der Waals surface area contributed by atoms with Crippen molar-refractivity contribution in [3.05, 3.63) is 11.6 Å². The Morgan fingerprint density at radius 3 is 2.87 bits per heavy atom. The molecular formula is C13H19F3N4O3. The number of amides is 1. The summed E-state index contributed by atoms with van der Waals surface area (Å²) in [5.74, 6) is 0.784. The van der Waals surface area contributed by atoms with E-state index in [2.05, 4.69) is 19.9 Å². The number of nitrogens with one attached hydrogen (secondary N) is 1. The topological polar surface area (TPSA) is 80.3 Å². The number of hydrogen-bond acceptors (Lipinski definition) is 5. The summed E-state index contributed by atoms with van der Waals surface area (Å²) in [4.78, 5) is 17.6. The molecule has 2 heterocycles. The number of aromatic amines is 1. The van der Waals surface area contributed by atoms with Crippen LogP contribution in [0.2, 0.25) is 0 Å². The average Bonchev–Trinajstić information content (AvgIpc) is 2.96. The zero-order valence-electron chi connectivity index (χ0n) is 12.9. The maximum Gasteiger partial charge on any atom is 0.411 e. The molecule has 1 saturated heterocycles. The fourth-order valence-electron chi connectivity index (χ4n) is 2.08. The lowest BCUT2D eigenvalue weighted by molar-refractivity contribution is -0.179. The van der Waals surface area contributed by atoms with Crippen molar-refractivity contribution in [3.8, 4) is 0 Å². The van der Waals surface area contributed by atoms with Gasteiger partial charge in [-0.25, -0.2) is 4.98 Å². The first kappa shape index (κ1) is 17.7. The van der Waals surface area contributed by atoms with Crippen molar-refractivity contribution in [1.29, 1.82) is 0 Å². The summed E-state index contributed by atoms with van der Waals surface area (Å²) >= 11 is 0. The minimum atomic E-state index is -4.44. The van der Waals surface area contributed by atoms with Crippen molar-refractivity contribution in [2.45, 2.75) is 32.0 Å². The van der Waals surface area contributed by atoms with E-state index in [0.717, 1.165) is 0 Å². The lowest BCUT2D eigenvalue weighted by Gasteiger charge is -2.31. The van der Waals surface area contributed by atoms with E-state index < -0.39 is 31.4 Å². The molecule has 0 aromatic carbocycles. The number of alkyl halides is 3. The molecule has 1 aromatic heterocycles. The number of aromatic nitrogens is 3. The second-order valence-electron chi connectivity index (χ2n) is 5.54. The quantitative estimate of drug-likeness (QED) is 0.879. The van der Waals surface area contributed by atoms with E-state index >= 15 is 0 Å². The first-order chi connectivity index (χ1) is 10.8. The van der Waals surface area contributed by atoms with Crippen molar-refractivity contribution >= 4 is 5.91 Å². The van der Waals surface area contributed by atoms with E-state index in [9.17, 15) is 18.0 Å². The largest absolute Gasteiger partial charge is 0.411 e. The molecule has 1 aliphatic rings. The predicted octanol–water partition coefficient (Wildman–Crippen LogP) is 1.41. The Kier molecular flexibility index (Phi) is 5.58. The van der Waals surface area contributed by atoms with Crippen molar-refractivity contribution < 1.29 is 27.4 Å². The highest BCUT2D eigenvalue weighted by molar-refractivity contribution is 5.77. The minimum absolute atomic E-state index is 0.150. The van der Waals surface area contributed by atoms with Gasteiger partial charge in [-0.3, -0.25) is 9.89 Å². The maximum atomic E-state index is 12.0. The van der Waals surface area contributed by atoms with Gasteiger partial charge in [-0.15, -0.1) is 0 Å². The molecule has 10 heteroatoms.